The molecule has 1 heterocycles. The number of carbonyl (C=O) groups is 1. The van der Waals surface area contributed by atoms with E-state index in [1.165, 1.54) is 25.7 Å². The van der Waals surface area contributed by atoms with E-state index in [-0.39, 0.29) is 10.8 Å². The topological polar surface area (TPSA) is 20.3 Å². The molecule has 1 aliphatic heterocycles. The minimum Gasteiger partial charge on any atom is -0.377 e. The van der Waals surface area contributed by atoms with E-state index in [0.717, 1.165) is 25.1 Å². The first-order valence-electron chi connectivity index (χ1n) is 7.47. The highest BCUT2D eigenvalue weighted by Crippen LogP contribution is 2.65. The number of piperidine rings is 1. The van der Waals surface area contributed by atoms with Crippen LogP contribution in [0.5, 0.6) is 0 Å². The summed E-state index contributed by atoms with van der Waals surface area (Å²) in [4.78, 5) is 15.1. The fourth-order valence-corrected chi connectivity index (χ4v) is 4.32. The monoisotopic (exact) mass is 247 g/mol. The van der Waals surface area contributed by atoms with Crippen LogP contribution >= 0.6 is 0 Å². The van der Waals surface area contributed by atoms with Crippen molar-refractivity contribution in [3.63, 3.8) is 0 Å². The maximum absolute atomic E-state index is 12.7. The average Bonchev–Trinajstić information content (AvgIpc) is 2.65. The summed E-state index contributed by atoms with van der Waals surface area (Å²) in [5.41, 5.74) is 1.20. The van der Waals surface area contributed by atoms with Gasteiger partial charge in [-0.1, -0.05) is 20.8 Å². The van der Waals surface area contributed by atoms with Gasteiger partial charge >= 0.3 is 0 Å². The molecule has 1 saturated heterocycles. The molecule has 0 aromatic rings. The molecule has 2 bridgehead atoms. The van der Waals surface area contributed by atoms with Gasteiger partial charge in [-0.05, 0) is 43.4 Å². The predicted octanol–water partition coefficient (Wildman–Crippen LogP) is 3.38. The number of rotatable bonds is 1. The summed E-state index contributed by atoms with van der Waals surface area (Å²) in [6, 6.07) is 0. The number of allylic oxidation sites excluding steroid dienone is 1. The highest BCUT2D eigenvalue weighted by atomic mass is 16.1. The lowest BCUT2D eigenvalue weighted by Crippen LogP contribution is -2.32. The lowest BCUT2D eigenvalue weighted by Gasteiger charge is -2.31. The Kier molecular flexibility index (Phi) is 2.62. The van der Waals surface area contributed by atoms with Crippen LogP contribution in [0.4, 0.5) is 0 Å². The second-order valence-corrected chi connectivity index (χ2v) is 7.16. The van der Waals surface area contributed by atoms with E-state index in [9.17, 15) is 4.79 Å². The van der Waals surface area contributed by atoms with Crippen LogP contribution in [0.3, 0.4) is 0 Å². The lowest BCUT2D eigenvalue weighted by atomic mass is 9.70. The van der Waals surface area contributed by atoms with Crippen molar-refractivity contribution in [2.24, 2.45) is 16.7 Å². The second kappa shape index (κ2) is 3.85. The molecule has 2 heteroatoms. The molecular weight excluding hydrogens is 222 g/mol. The van der Waals surface area contributed by atoms with Crippen LogP contribution in [0, 0.1) is 16.7 Å². The van der Waals surface area contributed by atoms with Gasteiger partial charge in [-0.2, -0.15) is 0 Å². The number of nitrogens with zero attached hydrogens (tertiary/aromatic N) is 1. The Labute approximate surface area is 110 Å². The van der Waals surface area contributed by atoms with Crippen molar-refractivity contribution in [1.29, 1.82) is 0 Å². The maximum Gasteiger partial charge on any atom is 0.167 e. The first-order chi connectivity index (χ1) is 8.47. The number of carbonyl (C=O) groups excluding carboxylic acids is 1. The van der Waals surface area contributed by atoms with Crippen molar-refractivity contribution < 1.29 is 4.79 Å². The summed E-state index contributed by atoms with van der Waals surface area (Å²) in [6.45, 7) is 9.05. The Balaban J connectivity index is 1.90. The van der Waals surface area contributed by atoms with Crippen molar-refractivity contribution in [1.82, 2.24) is 4.90 Å². The first kappa shape index (κ1) is 12.3. The zero-order chi connectivity index (χ0) is 13.0. The van der Waals surface area contributed by atoms with Gasteiger partial charge < -0.3 is 4.90 Å². The third kappa shape index (κ3) is 1.44. The molecular formula is C16H25NO. The molecule has 18 heavy (non-hydrogen) atoms. The molecule has 0 aromatic carbocycles. The van der Waals surface area contributed by atoms with Gasteiger partial charge in [0.1, 0.15) is 0 Å². The lowest BCUT2D eigenvalue weighted by molar-refractivity contribution is -0.125. The van der Waals surface area contributed by atoms with E-state index in [2.05, 4.69) is 31.9 Å². The van der Waals surface area contributed by atoms with Crippen molar-refractivity contribution >= 4 is 5.78 Å². The quantitative estimate of drug-likeness (QED) is 0.662. The zero-order valence-corrected chi connectivity index (χ0v) is 12.0. The van der Waals surface area contributed by atoms with Crippen molar-refractivity contribution in [3.8, 4) is 0 Å². The summed E-state index contributed by atoms with van der Waals surface area (Å²) in [6.07, 6.45) is 8.42. The van der Waals surface area contributed by atoms with Gasteiger partial charge in [0.05, 0.1) is 0 Å². The van der Waals surface area contributed by atoms with E-state index in [1.54, 1.807) is 0 Å². The summed E-state index contributed by atoms with van der Waals surface area (Å²) in [5, 5.41) is 0. The first-order valence-corrected chi connectivity index (χ1v) is 7.47. The SMILES string of the molecule is CC12CCC(/C(=C/N3CCCCC3)C1=O)C2(C)C. The van der Waals surface area contributed by atoms with E-state index in [4.69, 9.17) is 0 Å². The van der Waals surface area contributed by atoms with E-state index in [1.807, 2.05) is 0 Å². The third-order valence-corrected chi connectivity index (χ3v) is 6.08. The molecule has 3 aliphatic rings. The molecule has 2 nitrogen and oxygen atoms in total. The minimum absolute atomic E-state index is 0.0979. The van der Waals surface area contributed by atoms with Crippen molar-refractivity contribution in [2.45, 2.75) is 52.9 Å². The number of Topliss-reactive ketones (excluding diaryl/α,β-unsaturated/α-hetero) is 1. The van der Waals surface area contributed by atoms with Crippen molar-refractivity contribution in [2.75, 3.05) is 13.1 Å². The molecule has 2 atom stereocenters. The smallest absolute Gasteiger partial charge is 0.167 e. The van der Waals surface area contributed by atoms with Gasteiger partial charge in [0, 0.05) is 30.3 Å². The summed E-state index contributed by atoms with van der Waals surface area (Å²) in [5.74, 6) is 0.936. The number of fused-ring (bicyclic) bond motifs is 2. The molecule has 0 radical (unpaired) electrons. The highest BCUT2D eigenvalue weighted by molar-refractivity contribution is 6.04. The van der Waals surface area contributed by atoms with Gasteiger partial charge in [-0.15, -0.1) is 0 Å². The fraction of sp³-hybridized carbons (Fsp3) is 0.812. The van der Waals surface area contributed by atoms with Crippen LogP contribution in [-0.4, -0.2) is 23.8 Å². The second-order valence-electron chi connectivity index (χ2n) is 7.16. The van der Waals surface area contributed by atoms with E-state index >= 15 is 0 Å². The summed E-state index contributed by atoms with van der Waals surface area (Å²) in [7, 11) is 0. The Bertz CT molecular complexity index is 403. The molecule has 2 unspecified atom stereocenters. The van der Waals surface area contributed by atoms with Gasteiger partial charge in [-0.3, -0.25) is 4.79 Å². The Morgan fingerprint density at radius 3 is 2.39 bits per heavy atom. The van der Waals surface area contributed by atoms with Crippen LogP contribution < -0.4 is 0 Å². The average molecular weight is 247 g/mol. The predicted molar refractivity (Wildman–Crippen MR) is 73.1 cm³/mol. The van der Waals surface area contributed by atoms with Crippen LogP contribution in [0.25, 0.3) is 0 Å². The Morgan fingerprint density at radius 2 is 1.83 bits per heavy atom. The summed E-state index contributed by atoms with van der Waals surface area (Å²) < 4.78 is 0. The molecule has 2 aliphatic carbocycles. The molecule has 0 spiro atoms. The number of ketones is 1. The van der Waals surface area contributed by atoms with Crippen LogP contribution in [0.2, 0.25) is 0 Å². The zero-order valence-electron chi connectivity index (χ0n) is 12.0. The molecule has 2 saturated carbocycles. The highest BCUT2D eigenvalue weighted by Gasteiger charge is 2.64. The Morgan fingerprint density at radius 1 is 1.17 bits per heavy atom. The van der Waals surface area contributed by atoms with Crippen LogP contribution in [0.1, 0.15) is 52.9 Å². The van der Waals surface area contributed by atoms with Crippen LogP contribution in [0.15, 0.2) is 11.8 Å². The minimum atomic E-state index is -0.0979. The number of hydrogen-bond donors (Lipinski definition) is 0. The van der Waals surface area contributed by atoms with Gasteiger partial charge in [0.2, 0.25) is 0 Å². The molecule has 3 fully saturated rings. The fourth-order valence-electron chi connectivity index (χ4n) is 4.32. The molecule has 3 rings (SSSR count). The Hall–Kier alpha value is -0.790. The van der Waals surface area contributed by atoms with Gasteiger partial charge in [-0.25, -0.2) is 0 Å². The van der Waals surface area contributed by atoms with E-state index < -0.39 is 0 Å². The van der Waals surface area contributed by atoms with Gasteiger partial charge in [0.15, 0.2) is 5.78 Å². The van der Waals surface area contributed by atoms with Crippen molar-refractivity contribution in [3.05, 3.63) is 11.8 Å². The number of hydrogen-bond acceptors (Lipinski definition) is 2. The maximum atomic E-state index is 12.7. The molecule has 0 amide bonds. The van der Waals surface area contributed by atoms with Crippen LogP contribution in [-0.2, 0) is 4.79 Å². The van der Waals surface area contributed by atoms with E-state index in [0.29, 0.717) is 11.7 Å². The van der Waals surface area contributed by atoms with Gasteiger partial charge in [0.25, 0.3) is 0 Å². The standard InChI is InChI=1S/C16H25NO/c1-15(2)13-7-8-16(15,3)14(18)12(13)11-17-9-5-4-6-10-17/h11,13H,4-10H2,1-3H3/b12-11-. The molecule has 0 N–H and O–H groups in total. The largest absolute Gasteiger partial charge is 0.377 e. The molecule has 100 valence electrons. The number of likely N-dealkylation sites (tertiary alicyclic amines) is 1. The normalized spacial score (nSPS) is 40.8. The summed E-state index contributed by atoms with van der Waals surface area (Å²) >= 11 is 0. The molecule has 0 aromatic heterocycles. The third-order valence-electron chi connectivity index (χ3n) is 6.08.